The Morgan fingerprint density at radius 2 is 1.86 bits per heavy atom. The number of rotatable bonds is 9. The first kappa shape index (κ1) is 23.9. The third kappa shape index (κ3) is 9.21. The van der Waals surface area contributed by atoms with Gasteiger partial charge < -0.3 is 15.8 Å². The summed E-state index contributed by atoms with van der Waals surface area (Å²) in [6.07, 6.45) is 1.91. The van der Waals surface area contributed by atoms with E-state index in [2.05, 4.69) is 36.3 Å². The Hall–Kier alpha value is -2.09. The molecule has 28 heavy (non-hydrogen) atoms. The van der Waals surface area contributed by atoms with E-state index in [1.54, 1.807) is 0 Å². The Balaban J connectivity index is 0.00000392. The monoisotopic (exact) mass is 495 g/mol. The summed E-state index contributed by atoms with van der Waals surface area (Å²) in [6.45, 7) is 5.21. The lowest BCUT2D eigenvalue weighted by molar-refractivity contribution is -0.145. The molecule has 0 bridgehead atoms. The number of aliphatic imine (C=N–C) groups is 1. The van der Waals surface area contributed by atoms with Crippen LogP contribution in [-0.2, 0) is 16.1 Å². The van der Waals surface area contributed by atoms with Gasteiger partial charge in [0.15, 0.2) is 5.96 Å². The van der Waals surface area contributed by atoms with Gasteiger partial charge in [-0.3, -0.25) is 9.79 Å². The van der Waals surface area contributed by atoms with Gasteiger partial charge in [0.2, 0.25) is 0 Å². The smallest absolute Gasteiger partial charge is 0.306 e. The van der Waals surface area contributed by atoms with Crippen molar-refractivity contribution in [3.63, 3.8) is 0 Å². The molecular weight excluding hydrogens is 465 g/mol. The minimum Gasteiger partial charge on any atom is -0.461 e. The van der Waals surface area contributed by atoms with Gasteiger partial charge in [-0.1, -0.05) is 56.3 Å². The zero-order chi connectivity index (χ0) is 19.5. The van der Waals surface area contributed by atoms with E-state index >= 15 is 0 Å². The Bertz CT molecular complexity index is 748. The van der Waals surface area contributed by atoms with E-state index in [0.29, 0.717) is 31.4 Å². The molecule has 0 aliphatic rings. The molecule has 2 rings (SSSR count). The van der Waals surface area contributed by atoms with Gasteiger partial charge in [0, 0.05) is 18.7 Å². The van der Waals surface area contributed by atoms with Crippen LogP contribution in [0.5, 0.6) is 0 Å². The molecule has 152 valence electrons. The molecule has 0 aromatic heterocycles. The number of ether oxygens (including phenoxy) is 1. The Labute approximate surface area is 184 Å². The van der Waals surface area contributed by atoms with Crippen LogP contribution in [0.4, 0.5) is 5.69 Å². The summed E-state index contributed by atoms with van der Waals surface area (Å²) < 4.78 is 5.25. The van der Waals surface area contributed by atoms with Gasteiger partial charge in [-0.2, -0.15) is 0 Å². The van der Waals surface area contributed by atoms with Crippen LogP contribution >= 0.6 is 24.0 Å². The van der Waals surface area contributed by atoms with E-state index in [1.807, 2.05) is 42.5 Å². The summed E-state index contributed by atoms with van der Waals surface area (Å²) in [5.41, 5.74) is 9.12. The van der Waals surface area contributed by atoms with Crippen LogP contribution < -0.4 is 11.1 Å². The second-order valence-electron chi connectivity index (χ2n) is 6.78. The summed E-state index contributed by atoms with van der Waals surface area (Å²) in [4.78, 5) is 16.1. The number of esters is 1. The third-order valence-corrected chi connectivity index (χ3v) is 4.14. The van der Waals surface area contributed by atoms with Crippen LogP contribution in [0.1, 0.15) is 50.2 Å². The molecule has 0 fully saturated rings. The fourth-order valence-electron chi connectivity index (χ4n) is 2.55. The van der Waals surface area contributed by atoms with E-state index in [9.17, 15) is 4.79 Å². The Kier molecular flexibility index (Phi) is 11.2. The average molecular weight is 495 g/mol. The highest BCUT2D eigenvalue weighted by Crippen LogP contribution is 2.18. The van der Waals surface area contributed by atoms with Crippen molar-refractivity contribution in [1.82, 2.24) is 0 Å². The Morgan fingerprint density at radius 3 is 2.57 bits per heavy atom. The normalized spacial score (nSPS) is 11.0. The minimum absolute atomic E-state index is 0. The SMILES string of the molecule is CC(C)c1cccc(NC(N)=NCCCCC(=O)OCc2ccccc2)c1.I. The molecule has 3 N–H and O–H groups in total. The largest absolute Gasteiger partial charge is 0.461 e. The minimum atomic E-state index is -0.181. The van der Waals surface area contributed by atoms with Crippen molar-refractivity contribution >= 4 is 41.6 Å². The van der Waals surface area contributed by atoms with Crippen molar-refractivity contribution in [1.29, 1.82) is 0 Å². The first-order valence-electron chi connectivity index (χ1n) is 9.41. The van der Waals surface area contributed by atoms with Gasteiger partial charge in [0.1, 0.15) is 6.61 Å². The number of hydrogen-bond donors (Lipinski definition) is 2. The van der Waals surface area contributed by atoms with Gasteiger partial charge in [-0.15, -0.1) is 24.0 Å². The summed E-state index contributed by atoms with van der Waals surface area (Å²) in [5.74, 6) is 0.675. The molecule has 0 saturated heterocycles. The number of unbranched alkanes of at least 4 members (excludes halogenated alkanes) is 1. The van der Waals surface area contributed by atoms with Crippen molar-refractivity contribution in [2.75, 3.05) is 11.9 Å². The van der Waals surface area contributed by atoms with E-state index in [4.69, 9.17) is 10.5 Å². The van der Waals surface area contributed by atoms with E-state index in [1.165, 1.54) is 5.56 Å². The summed E-state index contributed by atoms with van der Waals surface area (Å²) in [6, 6.07) is 17.8. The molecule has 0 heterocycles. The van der Waals surface area contributed by atoms with Crippen molar-refractivity contribution in [3.8, 4) is 0 Å². The second-order valence-corrected chi connectivity index (χ2v) is 6.78. The maximum Gasteiger partial charge on any atom is 0.306 e. The number of carbonyl (C=O) groups excluding carboxylic acids is 1. The summed E-state index contributed by atoms with van der Waals surface area (Å²) in [7, 11) is 0. The lowest BCUT2D eigenvalue weighted by Gasteiger charge is -2.10. The predicted molar refractivity (Wildman–Crippen MR) is 126 cm³/mol. The second kappa shape index (κ2) is 13.1. The third-order valence-electron chi connectivity index (χ3n) is 4.14. The average Bonchev–Trinajstić information content (AvgIpc) is 2.67. The molecular formula is C22H30IN3O2. The fraction of sp³-hybridized carbons (Fsp3) is 0.364. The molecule has 0 aliphatic heterocycles. The molecule has 0 saturated carbocycles. The number of nitrogens with zero attached hydrogens (tertiary/aromatic N) is 1. The molecule has 0 radical (unpaired) electrons. The van der Waals surface area contributed by atoms with Gasteiger partial charge in [-0.05, 0) is 42.0 Å². The molecule has 5 nitrogen and oxygen atoms in total. The summed E-state index contributed by atoms with van der Waals surface area (Å²) in [5, 5.41) is 3.11. The highest BCUT2D eigenvalue weighted by molar-refractivity contribution is 14.0. The van der Waals surface area contributed by atoms with Crippen molar-refractivity contribution in [2.45, 2.75) is 45.6 Å². The highest BCUT2D eigenvalue weighted by atomic mass is 127. The van der Waals surface area contributed by atoms with Crippen molar-refractivity contribution < 1.29 is 9.53 Å². The standard InChI is InChI=1S/C22H29N3O2.HI/c1-17(2)19-11-8-12-20(15-19)25-22(23)24-14-7-6-13-21(26)27-16-18-9-4-3-5-10-18;/h3-5,8-12,15,17H,6-7,13-14,16H2,1-2H3,(H3,23,24,25);1H. The quantitative estimate of drug-likeness (QED) is 0.168. The molecule has 0 amide bonds. The van der Waals surface area contributed by atoms with E-state index in [-0.39, 0.29) is 29.9 Å². The maximum absolute atomic E-state index is 11.7. The maximum atomic E-state index is 11.7. The molecule has 0 aliphatic carbocycles. The molecule has 0 unspecified atom stereocenters. The molecule has 0 atom stereocenters. The lowest BCUT2D eigenvalue weighted by atomic mass is 10.0. The van der Waals surface area contributed by atoms with E-state index in [0.717, 1.165) is 24.1 Å². The first-order valence-corrected chi connectivity index (χ1v) is 9.41. The molecule has 2 aromatic rings. The van der Waals surface area contributed by atoms with Gasteiger partial charge in [0.25, 0.3) is 0 Å². The van der Waals surface area contributed by atoms with Crippen LogP contribution in [0.3, 0.4) is 0 Å². The molecule has 6 heteroatoms. The predicted octanol–water partition coefficient (Wildman–Crippen LogP) is 5.07. The number of nitrogens with two attached hydrogens (primary N) is 1. The molecule has 0 spiro atoms. The molecule has 2 aromatic carbocycles. The van der Waals surface area contributed by atoms with Crippen LogP contribution in [0.2, 0.25) is 0 Å². The van der Waals surface area contributed by atoms with Crippen molar-refractivity contribution in [3.05, 3.63) is 65.7 Å². The van der Waals surface area contributed by atoms with Gasteiger partial charge in [-0.25, -0.2) is 0 Å². The van der Waals surface area contributed by atoms with Crippen LogP contribution in [-0.4, -0.2) is 18.5 Å². The first-order chi connectivity index (χ1) is 13.0. The zero-order valence-electron chi connectivity index (χ0n) is 16.6. The fourth-order valence-corrected chi connectivity index (χ4v) is 2.55. The lowest BCUT2D eigenvalue weighted by Crippen LogP contribution is -2.23. The zero-order valence-corrected chi connectivity index (χ0v) is 18.9. The van der Waals surface area contributed by atoms with Gasteiger partial charge >= 0.3 is 5.97 Å². The number of hydrogen-bond acceptors (Lipinski definition) is 3. The van der Waals surface area contributed by atoms with E-state index < -0.39 is 0 Å². The topological polar surface area (TPSA) is 76.7 Å². The number of carbonyl (C=O) groups is 1. The number of guanidine groups is 1. The van der Waals surface area contributed by atoms with Gasteiger partial charge in [0.05, 0.1) is 0 Å². The van der Waals surface area contributed by atoms with Crippen molar-refractivity contribution in [2.24, 2.45) is 10.7 Å². The number of anilines is 1. The summed E-state index contributed by atoms with van der Waals surface area (Å²) >= 11 is 0. The Morgan fingerprint density at radius 1 is 1.11 bits per heavy atom. The number of benzene rings is 2. The number of nitrogens with one attached hydrogen (secondary N) is 1. The van der Waals surface area contributed by atoms with Crippen LogP contribution in [0.15, 0.2) is 59.6 Å². The van der Waals surface area contributed by atoms with Crippen LogP contribution in [0.25, 0.3) is 0 Å². The highest BCUT2D eigenvalue weighted by Gasteiger charge is 2.04. The van der Waals surface area contributed by atoms with Crippen LogP contribution in [0, 0.1) is 0 Å². The number of halogens is 1.